The Morgan fingerprint density at radius 3 is 2.58 bits per heavy atom. The predicted molar refractivity (Wildman–Crippen MR) is 76.3 cm³/mol. The molecule has 1 aliphatic rings. The van der Waals surface area contributed by atoms with Crippen LogP contribution in [0.1, 0.15) is 20.8 Å². The van der Waals surface area contributed by atoms with E-state index in [1.54, 1.807) is 0 Å². The van der Waals surface area contributed by atoms with Gasteiger partial charge in [-0.25, -0.2) is 0 Å². The highest BCUT2D eigenvalue weighted by Gasteiger charge is 2.30. The second-order valence-corrected chi connectivity index (χ2v) is 6.15. The number of rotatable bonds is 5. The Morgan fingerprint density at radius 1 is 1.47 bits per heavy atom. The van der Waals surface area contributed by atoms with Crippen molar-refractivity contribution in [3.63, 3.8) is 0 Å². The molecule has 4 nitrogen and oxygen atoms in total. The minimum absolute atomic E-state index is 0.100. The Balaban J connectivity index is 2.62. The van der Waals surface area contributed by atoms with Crippen molar-refractivity contribution in [2.45, 2.75) is 38.0 Å². The second-order valence-electron chi connectivity index (χ2n) is 5.06. The largest absolute Gasteiger partial charge is 0.350 e. The molecular weight excluding hydrogens is 289 g/mol. The fraction of sp³-hybridized carbons (Fsp3) is 0.769. The Kier molecular flexibility index (Phi) is 6.60. The van der Waals surface area contributed by atoms with Crippen LogP contribution in [-0.4, -0.2) is 47.7 Å². The highest BCUT2D eigenvalue weighted by Crippen LogP contribution is 2.19. The van der Waals surface area contributed by atoms with E-state index in [1.165, 1.54) is 4.90 Å². The first-order valence-corrected chi connectivity index (χ1v) is 7.17. The highest BCUT2D eigenvalue weighted by molar-refractivity contribution is 6.53. The minimum Gasteiger partial charge on any atom is -0.350 e. The molecule has 3 unspecified atom stereocenters. The van der Waals surface area contributed by atoms with E-state index in [9.17, 15) is 4.79 Å². The summed E-state index contributed by atoms with van der Waals surface area (Å²) in [5.74, 6) is -0.0137. The molecule has 0 spiro atoms. The van der Waals surface area contributed by atoms with Gasteiger partial charge in [-0.1, -0.05) is 42.3 Å². The van der Waals surface area contributed by atoms with Crippen molar-refractivity contribution in [3.8, 4) is 0 Å². The van der Waals surface area contributed by atoms with E-state index >= 15 is 0 Å². The number of hydrogen-bond acceptors (Lipinski definition) is 3. The first-order chi connectivity index (χ1) is 8.81. The maximum atomic E-state index is 11.9. The summed E-state index contributed by atoms with van der Waals surface area (Å²) < 4.78 is 11.3. The second kappa shape index (κ2) is 7.48. The number of carbonyl (C=O) groups is 1. The molecule has 1 fully saturated rings. The number of alkyl halides is 2. The molecule has 19 heavy (non-hydrogen) atoms. The third-order valence-electron chi connectivity index (χ3n) is 3.04. The van der Waals surface area contributed by atoms with Crippen LogP contribution in [0.2, 0.25) is 0 Å². The molecule has 1 saturated heterocycles. The molecule has 0 saturated carbocycles. The summed E-state index contributed by atoms with van der Waals surface area (Å²) in [5.41, 5.74) is 0.847. The van der Waals surface area contributed by atoms with Crippen LogP contribution in [-0.2, 0) is 14.3 Å². The van der Waals surface area contributed by atoms with Gasteiger partial charge in [-0.3, -0.25) is 4.79 Å². The van der Waals surface area contributed by atoms with Gasteiger partial charge in [-0.15, -0.1) is 0 Å². The molecule has 0 bridgehead atoms. The topological polar surface area (TPSA) is 38.8 Å². The lowest BCUT2D eigenvalue weighted by molar-refractivity contribution is -0.233. The molecule has 110 valence electrons. The summed E-state index contributed by atoms with van der Waals surface area (Å²) in [4.78, 5) is 12.3. The summed E-state index contributed by atoms with van der Waals surface area (Å²) >= 11 is 11.3. The Bertz CT molecular complexity index is 336. The molecule has 0 aromatic rings. The zero-order valence-electron chi connectivity index (χ0n) is 11.6. The third kappa shape index (κ3) is 5.30. The molecule has 0 N–H and O–H groups in total. The van der Waals surface area contributed by atoms with Crippen LogP contribution < -0.4 is 0 Å². The van der Waals surface area contributed by atoms with Gasteiger partial charge in [0.2, 0.25) is 0 Å². The summed E-state index contributed by atoms with van der Waals surface area (Å²) in [6.45, 7) is 11.0. The van der Waals surface area contributed by atoms with Gasteiger partial charge in [0.1, 0.15) is 0 Å². The quantitative estimate of drug-likeness (QED) is 0.579. The zero-order valence-corrected chi connectivity index (χ0v) is 13.1. The van der Waals surface area contributed by atoms with Crippen molar-refractivity contribution in [1.29, 1.82) is 0 Å². The van der Waals surface area contributed by atoms with Gasteiger partial charge in [-0.05, 0) is 13.8 Å². The lowest BCUT2D eigenvalue weighted by atomic mass is 10.1. The van der Waals surface area contributed by atoms with Crippen LogP contribution >= 0.6 is 23.2 Å². The van der Waals surface area contributed by atoms with E-state index in [-0.39, 0.29) is 12.0 Å². The highest BCUT2D eigenvalue weighted by atomic mass is 35.5. The normalized spacial score (nSPS) is 27.4. The zero-order chi connectivity index (χ0) is 14.6. The number of nitrogens with zero attached hydrogens (tertiary/aromatic N) is 1. The number of amides is 1. The molecule has 1 amide bonds. The smallest absolute Gasteiger partial charge is 0.256 e. The van der Waals surface area contributed by atoms with Gasteiger partial charge in [0.25, 0.3) is 5.91 Å². The molecule has 1 aliphatic heterocycles. The minimum atomic E-state index is -1.08. The summed E-state index contributed by atoms with van der Waals surface area (Å²) in [6, 6.07) is 0. The SMILES string of the molecule is C=C(C)CN(CC1OCC(C)C(C)O1)C(=O)C(Cl)Cl. The number of carbonyl (C=O) groups excluding carboxylic acids is 1. The first-order valence-electron chi connectivity index (χ1n) is 6.29. The first kappa shape index (κ1) is 16.8. The summed E-state index contributed by atoms with van der Waals surface area (Å²) in [6.07, 6.45) is -0.343. The van der Waals surface area contributed by atoms with E-state index < -0.39 is 11.1 Å². The molecule has 3 atom stereocenters. The van der Waals surface area contributed by atoms with Crippen molar-refractivity contribution in [2.75, 3.05) is 19.7 Å². The third-order valence-corrected chi connectivity index (χ3v) is 3.41. The molecule has 0 radical (unpaired) electrons. The van der Waals surface area contributed by atoms with E-state index in [0.717, 1.165) is 5.57 Å². The van der Waals surface area contributed by atoms with E-state index in [0.29, 0.717) is 25.6 Å². The molecule has 0 aliphatic carbocycles. The Labute approximate surface area is 124 Å². The molecule has 1 rings (SSSR count). The van der Waals surface area contributed by atoms with Crippen molar-refractivity contribution in [3.05, 3.63) is 12.2 Å². The average Bonchev–Trinajstić information content (AvgIpc) is 2.31. The van der Waals surface area contributed by atoms with Crippen molar-refractivity contribution in [2.24, 2.45) is 5.92 Å². The van der Waals surface area contributed by atoms with Crippen molar-refractivity contribution in [1.82, 2.24) is 4.90 Å². The van der Waals surface area contributed by atoms with Crippen LogP contribution in [0.15, 0.2) is 12.2 Å². The van der Waals surface area contributed by atoms with E-state index in [2.05, 4.69) is 13.5 Å². The fourth-order valence-corrected chi connectivity index (χ4v) is 2.06. The summed E-state index contributed by atoms with van der Waals surface area (Å²) in [7, 11) is 0. The van der Waals surface area contributed by atoms with Crippen LogP contribution in [0.25, 0.3) is 0 Å². The lowest BCUT2D eigenvalue weighted by Gasteiger charge is -2.36. The van der Waals surface area contributed by atoms with Gasteiger partial charge >= 0.3 is 0 Å². The van der Waals surface area contributed by atoms with Gasteiger partial charge in [0, 0.05) is 12.5 Å². The molecule has 6 heteroatoms. The van der Waals surface area contributed by atoms with Gasteiger partial charge in [0.05, 0.1) is 19.3 Å². The molecular formula is C13H21Cl2NO3. The number of ether oxygens (including phenoxy) is 2. The number of halogens is 2. The standard InChI is InChI=1S/C13H21Cl2NO3/c1-8(2)5-16(13(17)12(14)15)6-11-18-7-9(3)10(4)19-11/h9-12H,1,5-7H2,2-4H3. The lowest BCUT2D eigenvalue weighted by Crippen LogP contribution is -2.47. The van der Waals surface area contributed by atoms with Crippen molar-refractivity contribution >= 4 is 29.1 Å². The molecule has 1 heterocycles. The van der Waals surface area contributed by atoms with E-state index in [1.807, 2.05) is 13.8 Å². The van der Waals surface area contributed by atoms with E-state index in [4.69, 9.17) is 32.7 Å². The average molecular weight is 310 g/mol. The van der Waals surface area contributed by atoms with Crippen LogP contribution in [0.5, 0.6) is 0 Å². The monoisotopic (exact) mass is 309 g/mol. The van der Waals surface area contributed by atoms with Crippen LogP contribution in [0, 0.1) is 5.92 Å². The maximum Gasteiger partial charge on any atom is 0.256 e. The van der Waals surface area contributed by atoms with Crippen LogP contribution in [0.3, 0.4) is 0 Å². The van der Waals surface area contributed by atoms with Gasteiger partial charge in [-0.2, -0.15) is 0 Å². The molecule has 0 aromatic carbocycles. The summed E-state index contributed by atoms with van der Waals surface area (Å²) in [5, 5.41) is 0. The fourth-order valence-electron chi connectivity index (χ4n) is 1.78. The van der Waals surface area contributed by atoms with Gasteiger partial charge < -0.3 is 14.4 Å². The van der Waals surface area contributed by atoms with Crippen molar-refractivity contribution < 1.29 is 14.3 Å². The van der Waals surface area contributed by atoms with Gasteiger partial charge in [0.15, 0.2) is 11.1 Å². The Hall–Kier alpha value is -0.290. The maximum absolute atomic E-state index is 11.9. The Morgan fingerprint density at radius 2 is 2.11 bits per heavy atom. The number of hydrogen-bond donors (Lipinski definition) is 0. The van der Waals surface area contributed by atoms with Crippen LogP contribution in [0.4, 0.5) is 0 Å². The predicted octanol–water partition coefficient (Wildman–Crippen LogP) is 2.59. The molecule has 0 aromatic heterocycles.